The van der Waals surface area contributed by atoms with Gasteiger partial charge >= 0.3 is 0 Å². The standard InChI is InChI=1S/C9H18O4/c10-2-6-1-7(3-11)9(5-13)8(6)4-12/h6-13H,1-5H2/t6-,7-,8+,9+/m0/s1. The molecule has 1 saturated carbocycles. The van der Waals surface area contributed by atoms with Crippen LogP contribution in [0.15, 0.2) is 0 Å². The second kappa shape index (κ2) is 4.91. The van der Waals surface area contributed by atoms with Gasteiger partial charge in [0.2, 0.25) is 0 Å². The van der Waals surface area contributed by atoms with Gasteiger partial charge in [-0.05, 0) is 30.1 Å². The molecule has 78 valence electrons. The van der Waals surface area contributed by atoms with E-state index in [1.807, 2.05) is 0 Å². The third-order valence-electron chi connectivity index (χ3n) is 3.26. The fourth-order valence-electron chi connectivity index (χ4n) is 2.43. The molecular formula is C9H18O4. The van der Waals surface area contributed by atoms with E-state index < -0.39 is 0 Å². The Bertz CT molecular complexity index is 135. The third-order valence-corrected chi connectivity index (χ3v) is 3.26. The van der Waals surface area contributed by atoms with Crippen molar-refractivity contribution >= 4 is 0 Å². The fourth-order valence-corrected chi connectivity index (χ4v) is 2.43. The van der Waals surface area contributed by atoms with Crippen LogP contribution in [-0.4, -0.2) is 46.9 Å². The fraction of sp³-hybridized carbons (Fsp3) is 1.00. The molecule has 0 aromatic carbocycles. The zero-order valence-electron chi connectivity index (χ0n) is 7.63. The summed E-state index contributed by atoms with van der Waals surface area (Å²) in [6.45, 7) is 0.0103. The topological polar surface area (TPSA) is 80.9 Å². The maximum absolute atomic E-state index is 9.08. The highest BCUT2D eigenvalue weighted by Gasteiger charge is 2.41. The van der Waals surface area contributed by atoms with E-state index in [1.165, 1.54) is 0 Å². The van der Waals surface area contributed by atoms with Gasteiger partial charge < -0.3 is 20.4 Å². The molecule has 4 nitrogen and oxygen atoms in total. The average Bonchev–Trinajstić information content (AvgIpc) is 2.54. The molecule has 0 bridgehead atoms. The molecule has 0 aromatic rings. The molecule has 4 atom stereocenters. The Morgan fingerprint density at radius 1 is 0.692 bits per heavy atom. The first-order chi connectivity index (χ1) is 6.28. The molecule has 0 radical (unpaired) electrons. The van der Waals surface area contributed by atoms with E-state index in [1.54, 1.807) is 0 Å². The number of hydrogen-bond donors (Lipinski definition) is 4. The van der Waals surface area contributed by atoms with Crippen molar-refractivity contribution in [1.82, 2.24) is 0 Å². The third kappa shape index (κ3) is 2.02. The molecule has 0 aliphatic heterocycles. The van der Waals surface area contributed by atoms with Crippen molar-refractivity contribution in [2.24, 2.45) is 23.7 Å². The van der Waals surface area contributed by atoms with Crippen molar-refractivity contribution in [2.75, 3.05) is 26.4 Å². The second-order valence-corrected chi connectivity index (χ2v) is 3.81. The summed E-state index contributed by atoms with van der Waals surface area (Å²) < 4.78 is 0. The molecule has 1 aliphatic carbocycles. The Morgan fingerprint density at radius 3 is 1.31 bits per heavy atom. The molecule has 13 heavy (non-hydrogen) atoms. The van der Waals surface area contributed by atoms with E-state index in [-0.39, 0.29) is 50.1 Å². The normalized spacial score (nSPS) is 39.7. The Hall–Kier alpha value is -0.160. The van der Waals surface area contributed by atoms with Crippen LogP contribution in [0.1, 0.15) is 6.42 Å². The molecule has 4 N–H and O–H groups in total. The minimum absolute atomic E-state index is 0.0209. The van der Waals surface area contributed by atoms with Gasteiger partial charge in [0.05, 0.1) is 0 Å². The lowest BCUT2D eigenvalue weighted by Crippen LogP contribution is -2.26. The van der Waals surface area contributed by atoms with Crippen LogP contribution in [-0.2, 0) is 0 Å². The summed E-state index contributed by atoms with van der Waals surface area (Å²) in [5.74, 6) is -0.0714. The molecule has 0 unspecified atom stereocenters. The first kappa shape index (κ1) is 10.9. The van der Waals surface area contributed by atoms with Crippen molar-refractivity contribution in [3.63, 3.8) is 0 Å². The maximum atomic E-state index is 9.08. The van der Waals surface area contributed by atoms with Gasteiger partial charge in [0.15, 0.2) is 0 Å². The summed E-state index contributed by atoms with van der Waals surface area (Å²) in [5, 5.41) is 36.2. The van der Waals surface area contributed by atoms with E-state index in [4.69, 9.17) is 20.4 Å². The van der Waals surface area contributed by atoms with Gasteiger partial charge in [-0.3, -0.25) is 0 Å². The molecule has 0 saturated heterocycles. The largest absolute Gasteiger partial charge is 0.396 e. The van der Waals surface area contributed by atoms with Crippen LogP contribution in [0.5, 0.6) is 0 Å². The van der Waals surface area contributed by atoms with Crippen LogP contribution >= 0.6 is 0 Å². The molecule has 1 fully saturated rings. The van der Waals surface area contributed by atoms with Gasteiger partial charge in [0.25, 0.3) is 0 Å². The number of hydrogen-bond acceptors (Lipinski definition) is 4. The van der Waals surface area contributed by atoms with Crippen LogP contribution in [0.25, 0.3) is 0 Å². The van der Waals surface area contributed by atoms with E-state index in [9.17, 15) is 0 Å². The summed E-state index contributed by atoms with van der Waals surface area (Å²) in [6, 6.07) is 0. The van der Waals surface area contributed by atoms with E-state index in [0.717, 1.165) is 0 Å². The maximum Gasteiger partial charge on any atom is 0.0466 e. The van der Waals surface area contributed by atoms with Gasteiger partial charge in [-0.25, -0.2) is 0 Å². The van der Waals surface area contributed by atoms with Crippen LogP contribution in [0.4, 0.5) is 0 Å². The highest BCUT2D eigenvalue weighted by atomic mass is 16.3. The van der Waals surface area contributed by atoms with Crippen LogP contribution < -0.4 is 0 Å². The lowest BCUT2D eigenvalue weighted by molar-refractivity contribution is 0.0739. The molecule has 1 rings (SSSR count). The Labute approximate surface area is 77.8 Å². The summed E-state index contributed by atoms with van der Waals surface area (Å²) >= 11 is 0. The minimum atomic E-state index is -0.0628. The van der Waals surface area contributed by atoms with E-state index in [0.29, 0.717) is 6.42 Å². The van der Waals surface area contributed by atoms with Gasteiger partial charge in [0, 0.05) is 26.4 Å². The molecule has 0 spiro atoms. The molecule has 4 heteroatoms. The predicted molar refractivity (Wildman–Crippen MR) is 46.9 cm³/mol. The van der Waals surface area contributed by atoms with Gasteiger partial charge in [-0.2, -0.15) is 0 Å². The highest BCUT2D eigenvalue weighted by Crippen LogP contribution is 2.40. The van der Waals surface area contributed by atoms with Crippen molar-refractivity contribution in [2.45, 2.75) is 6.42 Å². The van der Waals surface area contributed by atoms with Gasteiger partial charge in [0.1, 0.15) is 0 Å². The van der Waals surface area contributed by atoms with Crippen molar-refractivity contribution in [3.8, 4) is 0 Å². The van der Waals surface area contributed by atoms with Crippen LogP contribution in [0, 0.1) is 23.7 Å². The minimum Gasteiger partial charge on any atom is -0.396 e. The lowest BCUT2D eigenvalue weighted by atomic mass is 9.88. The Kier molecular flexibility index (Phi) is 4.12. The Morgan fingerprint density at radius 2 is 1.08 bits per heavy atom. The van der Waals surface area contributed by atoms with Crippen LogP contribution in [0.2, 0.25) is 0 Å². The molecular weight excluding hydrogens is 172 g/mol. The Balaban J connectivity index is 2.65. The zero-order valence-corrected chi connectivity index (χ0v) is 7.63. The van der Waals surface area contributed by atoms with Crippen LogP contribution in [0.3, 0.4) is 0 Å². The van der Waals surface area contributed by atoms with Crippen molar-refractivity contribution in [3.05, 3.63) is 0 Å². The van der Waals surface area contributed by atoms with E-state index in [2.05, 4.69) is 0 Å². The first-order valence-corrected chi connectivity index (χ1v) is 4.71. The average molecular weight is 190 g/mol. The van der Waals surface area contributed by atoms with Crippen molar-refractivity contribution < 1.29 is 20.4 Å². The zero-order chi connectivity index (χ0) is 9.84. The highest BCUT2D eigenvalue weighted by molar-refractivity contribution is 4.89. The molecule has 1 aliphatic rings. The molecule has 0 amide bonds. The second-order valence-electron chi connectivity index (χ2n) is 3.81. The number of aliphatic hydroxyl groups is 4. The molecule has 0 heterocycles. The quantitative estimate of drug-likeness (QED) is 0.450. The van der Waals surface area contributed by atoms with E-state index >= 15 is 0 Å². The summed E-state index contributed by atoms with van der Waals surface area (Å²) in [5.41, 5.74) is 0. The smallest absolute Gasteiger partial charge is 0.0466 e. The monoisotopic (exact) mass is 190 g/mol. The summed E-state index contributed by atoms with van der Waals surface area (Å²) in [7, 11) is 0. The van der Waals surface area contributed by atoms with Gasteiger partial charge in [-0.1, -0.05) is 0 Å². The first-order valence-electron chi connectivity index (χ1n) is 4.71. The summed E-state index contributed by atoms with van der Waals surface area (Å²) in [6.07, 6.45) is 0.698. The predicted octanol–water partition coefficient (Wildman–Crippen LogP) is -1.18. The summed E-state index contributed by atoms with van der Waals surface area (Å²) in [4.78, 5) is 0. The number of rotatable bonds is 4. The SMILES string of the molecule is OC[C@@H]1C[C@@H](CO)[C@@H](CO)[C@@H]1CO. The van der Waals surface area contributed by atoms with Crippen molar-refractivity contribution in [1.29, 1.82) is 0 Å². The van der Waals surface area contributed by atoms with Gasteiger partial charge in [-0.15, -0.1) is 0 Å². The lowest BCUT2D eigenvalue weighted by Gasteiger charge is -2.21. The molecule has 0 aromatic heterocycles. The number of aliphatic hydroxyl groups excluding tert-OH is 4.